The van der Waals surface area contributed by atoms with Crippen molar-refractivity contribution in [2.24, 2.45) is 0 Å². The van der Waals surface area contributed by atoms with Crippen LogP contribution in [-0.2, 0) is 0 Å². The molecule has 0 bridgehead atoms. The van der Waals surface area contributed by atoms with E-state index >= 15 is 0 Å². The van der Waals surface area contributed by atoms with Gasteiger partial charge in [0.15, 0.2) is 0 Å². The summed E-state index contributed by atoms with van der Waals surface area (Å²) in [4.78, 5) is 10.2. The summed E-state index contributed by atoms with van der Waals surface area (Å²) in [6.07, 6.45) is 0.809. The molecule has 66 valence electrons. The number of carbonyl (C=O) groups excluding carboxylic acids is 1. The van der Waals surface area contributed by atoms with Crippen LogP contribution in [0.1, 0.15) is 29.8 Å². The molecule has 1 aromatic carbocycles. The van der Waals surface area contributed by atoms with E-state index in [1.807, 2.05) is 20.8 Å². The SMILES string of the molecule is CC.Cc1cc(C=O)ccc1Cl. The summed E-state index contributed by atoms with van der Waals surface area (Å²) in [5.74, 6) is 0. The Morgan fingerprint density at radius 2 is 1.92 bits per heavy atom. The summed E-state index contributed by atoms with van der Waals surface area (Å²) >= 11 is 5.72. The number of carbonyl (C=O) groups is 1. The molecule has 1 aromatic rings. The number of hydrogen-bond acceptors (Lipinski definition) is 1. The van der Waals surface area contributed by atoms with Crippen molar-refractivity contribution in [2.45, 2.75) is 20.8 Å². The van der Waals surface area contributed by atoms with Crippen LogP contribution in [0.2, 0.25) is 5.02 Å². The van der Waals surface area contributed by atoms with Crippen molar-refractivity contribution in [1.29, 1.82) is 0 Å². The van der Waals surface area contributed by atoms with Gasteiger partial charge in [-0.05, 0) is 24.6 Å². The number of hydrogen-bond donors (Lipinski definition) is 0. The van der Waals surface area contributed by atoms with Gasteiger partial charge >= 0.3 is 0 Å². The van der Waals surface area contributed by atoms with Crippen LogP contribution in [0.15, 0.2) is 18.2 Å². The van der Waals surface area contributed by atoms with Crippen molar-refractivity contribution in [3.05, 3.63) is 34.3 Å². The lowest BCUT2D eigenvalue weighted by atomic mass is 10.2. The third-order valence-electron chi connectivity index (χ3n) is 1.32. The van der Waals surface area contributed by atoms with Gasteiger partial charge in [0.25, 0.3) is 0 Å². The van der Waals surface area contributed by atoms with Crippen LogP contribution in [0.4, 0.5) is 0 Å². The first kappa shape index (κ1) is 11.2. The number of rotatable bonds is 1. The Bertz CT molecular complexity index is 256. The van der Waals surface area contributed by atoms with Crippen LogP contribution >= 0.6 is 11.6 Å². The molecule has 0 saturated heterocycles. The average molecular weight is 185 g/mol. The van der Waals surface area contributed by atoms with Gasteiger partial charge in [0.05, 0.1) is 0 Å². The number of aryl methyl sites for hydroxylation is 1. The third kappa shape index (κ3) is 3.05. The second kappa shape index (κ2) is 5.78. The Hall–Kier alpha value is -0.820. The van der Waals surface area contributed by atoms with Gasteiger partial charge in [-0.2, -0.15) is 0 Å². The van der Waals surface area contributed by atoms with E-state index in [2.05, 4.69) is 0 Å². The van der Waals surface area contributed by atoms with E-state index in [0.29, 0.717) is 10.6 Å². The van der Waals surface area contributed by atoms with Crippen LogP contribution in [0.5, 0.6) is 0 Å². The molecule has 2 heteroatoms. The average Bonchev–Trinajstić information content (AvgIpc) is 2.13. The molecule has 0 aliphatic carbocycles. The topological polar surface area (TPSA) is 17.1 Å². The zero-order valence-electron chi connectivity index (χ0n) is 7.60. The number of benzene rings is 1. The van der Waals surface area contributed by atoms with Crippen molar-refractivity contribution in [3.8, 4) is 0 Å². The van der Waals surface area contributed by atoms with Crippen LogP contribution < -0.4 is 0 Å². The lowest BCUT2D eigenvalue weighted by Gasteiger charge is -1.95. The standard InChI is InChI=1S/C8H7ClO.C2H6/c1-6-4-7(5-10)2-3-8(6)9;1-2/h2-5H,1H3;1-2H3. The monoisotopic (exact) mass is 184 g/mol. The summed E-state index contributed by atoms with van der Waals surface area (Å²) in [6, 6.07) is 5.18. The molecular formula is C10H13ClO. The molecule has 0 fully saturated rings. The van der Waals surface area contributed by atoms with Crippen molar-refractivity contribution < 1.29 is 4.79 Å². The van der Waals surface area contributed by atoms with Crippen molar-refractivity contribution in [3.63, 3.8) is 0 Å². The van der Waals surface area contributed by atoms with Gasteiger partial charge in [0.2, 0.25) is 0 Å². The minimum atomic E-state index is 0.668. The highest BCUT2D eigenvalue weighted by Crippen LogP contribution is 2.14. The molecule has 0 aliphatic rings. The second-order valence-electron chi connectivity index (χ2n) is 2.13. The maximum atomic E-state index is 10.2. The fraction of sp³-hybridized carbons (Fsp3) is 0.300. The van der Waals surface area contributed by atoms with Gasteiger partial charge in [-0.15, -0.1) is 0 Å². The normalized spacial score (nSPS) is 8.33. The maximum Gasteiger partial charge on any atom is 0.150 e. The Morgan fingerprint density at radius 3 is 2.33 bits per heavy atom. The third-order valence-corrected chi connectivity index (χ3v) is 1.74. The molecule has 0 saturated carbocycles. The van der Waals surface area contributed by atoms with Crippen molar-refractivity contribution in [1.82, 2.24) is 0 Å². The van der Waals surface area contributed by atoms with Crippen LogP contribution in [0.3, 0.4) is 0 Å². The first-order valence-corrected chi connectivity index (χ1v) is 4.33. The molecule has 0 spiro atoms. The minimum absolute atomic E-state index is 0.668. The zero-order valence-corrected chi connectivity index (χ0v) is 8.35. The quantitative estimate of drug-likeness (QED) is 0.611. The zero-order chi connectivity index (χ0) is 9.56. The number of aldehydes is 1. The fourth-order valence-electron chi connectivity index (χ4n) is 0.741. The van der Waals surface area contributed by atoms with Gasteiger partial charge in [-0.25, -0.2) is 0 Å². The maximum absolute atomic E-state index is 10.2. The molecule has 1 rings (SSSR count). The molecule has 0 atom stereocenters. The molecule has 0 aliphatic heterocycles. The Kier molecular flexibility index (Phi) is 5.39. The van der Waals surface area contributed by atoms with Gasteiger partial charge in [0, 0.05) is 10.6 Å². The van der Waals surface area contributed by atoms with Gasteiger partial charge in [-0.1, -0.05) is 31.5 Å². The molecule has 0 radical (unpaired) electrons. The molecule has 0 amide bonds. The second-order valence-corrected chi connectivity index (χ2v) is 2.53. The van der Waals surface area contributed by atoms with Gasteiger partial charge in [-0.3, -0.25) is 4.79 Å². The van der Waals surface area contributed by atoms with E-state index in [1.165, 1.54) is 0 Å². The molecule has 0 heterocycles. The highest BCUT2D eigenvalue weighted by atomic mass is 35.5. The summed E-state index contributed by atoms with van der Waals surface area (Å²) in [5.41, 5.74) is 1.60. The largest absolute Gasteiger partial charge is 0.298 e. The van der Waals surface area contributed by atoms with Gasteiger partial charge in [0.1, 0.15) is 6.29 Å². The van der Waals surface area contributed by atoms with Crippen molar-refractivity contribution in [2.75, 3.05) is 0 Å². The molecule has 0 N–H and O–H groups in total. The van der Waals surface area contributed by atoms with Gasteiger partial charge < -0.3 is 0 Å². The summed E-state index contributed by atoms with van der Waals surface area (Å²) in [7, 11) is 0. The molecule has 0 aromatic heterocycles. The Morgan fingerprint density at radius 1 is 1.33 bits per heavy atom. The molecular weight excluding hydrogens is 172 g/mol. The lowest BCUT2D eigenvalue weighted by molar-refractivity contribution is 0.112. The minimum Gasteiger partial charge on any atom is -0.298 e. The molecule has 12 heavy (non-hydrogen) atoms. The molecule has 1 nitrogen and oxygen atoms in total. The lowest BCUT2D eigenvalue weighted by Crippen LogP contribution is -1.81. The Balaban J connectivity index is 0.000000561. The van der Waals surface area contributed by atoms with Crippen LogP contribution in [0.25, 0.3) is 0 Å². The predicted octanol–water partition coefficient (Wildman–Crippen LogP) is 3.49. The first-order chi connectivity index (χ1) is 5.74. The summed E-state index contributed by atoms with van der Waals surface area (Å²) < 4.78 is 0. The van der Waals surface area contributed by atoms with Crippen molar-refractivity contribution >= 4 is 17.9 Å². The summed E-state index contributed by atoms with van der Waals surface area (Å²) in [6.45, 7) is 5.87. The van der Waals surface area contributed by atoms with E-state index < -0.39 is 0 Å². The van der Waals surface area contributed by atoms with E-state index in [0.717, 1.165) is 11.8 Å². The first-order valence-electron chi connectivity index (χ1n) is 3.95. The predicted molar refractivity (Wildman–Crippen MR) is 52.9 cm³/mol. The smallest absolute Gasteiger partial charge is 0.150 e. The highest BCUT2D eigenvalue weighted by molar-refractivity contribution is 6.31. The summed E-state index contributed by atoms with van der Waals surface area (Å²) in [5, 5.41) is 0.700. The van der Waals surface area contributed by atoms with E-state index in [4.69, 9.17) is 11.6 Å². The van der Waals surface area contributed by atoms with E-state index in [9.17, 15) is 4.79 Å². The van der Waals surface area contributed by atoms with E-state index in [1.54, 1.807) is 18.2 Å². The highest BCUT2D eigenvalue weighted by Gasteiger charge is 1.94. The van der Waals surface area contributed by atoms with Crippen LogP contribution in [0, 0.1) is 6.92 Å². The number of halogens is 1. The fourth-order valence-corrected chi connectivity index (χ4v) is 0.859. The van der Waals surface area contributed by atoms with E-state index in [-0.39, 0.29) is 0 Å². The van der Waals surface area contributed by atoms with Crippen LogP contribution in [-0.4, -0.2) is 6.29 Å². The Labute approximate surface area is 78.4 Å². The molecule has 0 unspecified atom stereocenters.